The summed E-state index contributed by atoms with van der Waals surface area (Å²) in [5.41, 5.74) is 4.49. The van der Waals surface area contributed by atoms with E-state index >= 15 is 0 Å². The predicted octanol–water partition coefficient (Wildman–Crippen LogP) is 1.59. The molecule has 0 bridgehead atoms. The van der Waals surface area contributed by atoms with Gasteiger partial charge in [-0.3, -0.25) is 11.3 Å². The van der Waals surface area contributed by atoms with E-state index in [0.717, 1.165) is 11.1 Å². The van der Waals surface area contributed by atoms with Crippen LogP contribution in [-0.4, -0.2) is 20.4 Å². The van der Waals surface area contributed by atoms with Crippen LogP contribution in [0.3, 0.4) is 0 Å². The molecule has 0 saturated carbocycles. The summed E-state index contributed by atoms with van der Waals surface area (Å²) in [6.45, 7) is 1.91. The first kappa shape index (κ1) is 14.4. The number of nitrogens with one attached hydrogen (secondary N) is 1. The number of benzene rings is 1. The largest absolute Gasteiger partial charge is 0.271 e. The van der Waals surface area contributed by atoms with Crippen molar-refractivity contribution in [2.75, 3.05) is 12.0 Å². The monoisotopic (exact) mass is 276 g/mol. The fourth-order valence-corrected chi connectivity index (χ4v) is 2.36. The van der Waals surface area contributed by atoms with Crippen LogP contribution < -0.4 is 11.3 Å². The molecule has 1 aromatic rings. The number of halogens is 1. The van der Waals surface area contributed by atoms with Gasteiger partial charge >= 0.3 is 0 Å². The molecule has 1 unspecified atom stereocenters. The zero-order chi connectivity index (χ0) is 13.1. The molecule has 17 heavy (non-hydrogen) atoms. The third-order valence-electron chi connectivity index (χ3n) is 2.58. The van der Waals surface area contributed by atoms with E-state index in [1.54, 1.807) is 0 Å². The molecule has 0 aromatic heterocycles. The van der Waals surface area contributed by atoms with Gasteiger partial charge in [0.2, 0.25) is 0 Å². The quantitative estimate of drug-likeness (QED) is 0.633. The zero-order valence-corrected chi connectivity index (χ0v) is 11.5. The lowest BCUT2D eigenvalue weighted by Crippen LogP contribution is -2.29. The Hall–Kier alpha value is -0.620. The average molecular weight is 277 g/mol. The zero-order valence-electron chi connectivity index (χ0n) is 9.90. The van der Waals surface area contributed by atoms with Crippen LogP contribution in [0.4, 0.5) is 0 Å². The van der Waals surface area contributed by atoms with Crippen molar-refractivity contribution in [2.24, 2.45) is 5.84 Å². The molecule has 0 aliphatic heterocycles. The van der Waals surface area contributed by atoms with Crippen molar-refractivity contribution in [3.63, 3.8) is 0 Å². The Morgan fingerprint density at radius 2 is 2.12 bits per heavy atom. The van der Waals surface area contributed by atoms with Crippen LogP contribution in [0.25, 0.3) is 0 Å². The van der Waals surface area contributed by atoms with Gasteiger partial charge in [-0.15, -0.1) is 0 Å². The summed E-state index contributed by atoms with van der Waals surface area (Å²) in [6, 6.07) is 5.39. The number of rotatable bonds is 5. The maximum absolute atomic E-state index is 11.1. The second-order valence-corrected chi connectivity index (χ2v) is 6.81. The Morgan fingerprint density at radius 1 is 1.47 bits per heavy atom. The number of hydrogen-bond acceptors (Lipinski definition) is 4. The minimum Gasteiger partial charge on any atom is -0.271 e. The van der Waals surface area contributed by atoms with Gasteiger partial charge in [-0.25, -0.2) is 8.42 Å². The average Bonchev–Trinajstić information content (AvgIpc) is 2.22. The lowest BCUT2D eigenvalue weighted by atomic mass is 10.0. The fraction of sp³-hybridized carbons (Fsp3) is 0.455. The Kier molecular flexibility index (Phi) is 4.94. The van der Waals surface area contributed by atoms with Crippen molar-refractivity contribution in [1.29, 1.82) is 0 Å². The van der Waals surface area contributed by atoms with Gasteiger partial charge in [-0.1, -0.05) is 23.7 Å². The molecule has 0 fully saturated rings. The summed E-state index contributed by atoms with van der Waals surface area (Å²) in [7, 11) is -2.98. The topological polar surface area (TPSA) is 72.2 Å². The van der Waals surface area contributed by atoms with Crippen molar-refractivity contribution >= 4 is 21.4 Å². The Morgan fingerprint density at radius 3 is 2.59 bits per heavy atom. The molecule has 0 aliphatic carbocycles. The maximum Gasteiger partial charge on any atom is 0.147 e. The standard InChI is InChI=1S/C11H17ClN2O2S/c1-8-3-4-9(7-10(8)12)11(14-13)5-6-17(2,15)16/h3-4,7,11,14H,5-6,13H2,1-2H3. The lowest BCUT2D eigenvalue weighted by Gasteiger charge is -2.16. The van der Waals surface area contributed by atoms with Crippen molar-refractivity contribution in [3.05, 3.63) is 34.3 Å². The van der Waals surface area contributed by atoms with E-state index in [-0.39, 0.29) is 11.8 Å². The van der Waals surface area contributed by atoms with E-state index in [2.05, 4.69) is 5.43 Å². The van der Waals surface area contributed by atoms with Gasteiger partial charge in [0, 0.05) is 17.3 Å². The molecule has 6 heteroatoms. The lowest BCUT2D eigenvalue weighted by molar-refractivity contribution is 0.531. The molecule has 0 radical (unpaired) electrons. The summed E-state index contributed by atoms with van der Waals surface area (Å²) in [4.78, 5) is 0. The third kappa shape index (κ3) is 4.63. The molecular weight excluding hydrogens is 260 g/mol. The van der Waals surface area contributed by atoms with E-state index in [9.17, 15) is 8.42 Å². The molecule has 0 aliphatic rings. The van der Waals surface area contributed by atoms with Gasteiger partial charge in [0.15, 0.2) is 0 Å². The van der Waals surface area contributed by atoms with Crippen LogP contribution in [-0.2, 0) is 9.84 Å². The highest BCUT2D eigenvalue weighted by Crippen LogP contribution is 2.23. The summed E-state index contributed by atoms with van der Waals surface area (Å²) in [6.07, 6.45) is 1.64. The predicted molar refractivity (Wildman–Crippen MR) is 70.6 cm³/mol. The van der Waals surface area contributed by atoms with Crippen LogP contribution in [0.2, 0.25) is 5.02 Å². The first-order valence-corrected chi connectivity index (χ1v) is 7.67. The number of aryl methyl sites for hydroxylation is 1. The number of hydrogen-bond donors (Lipinski definition) is 2. The second-order valence-electron chi connectivity index (χ2n) is 4.15. The molecule has 1 rings (SSSR count). The first-order valence-electron chi connectivity index (χ1n) is 5.23. The second kappa shape index (κ2) is 5.82. The molecular formula is C11H17ClN2O2S. The highest BCUT2D eigenvalue weighted by molar-refractivity contribution is 7.90. The number of sulfone groups is 1. The van der Waals surface area contributed by atoms with Gasteiger partial charge in [-0.2, -0.15) is 0 Å². The van der Waals surface area contributed by atoms with Crippen molar-refractivity contribution in [3.8, 4) is 0 Å². The van der Waals surface area contributed by atoms with Gasteiger partial charge in [0.25, 0.3) is 0 Å². The summed E-state index contributed by atoms with van der Waals surface area (Å²) < 4.78 is 22.2. The Labute approximate surface area is 107 Å². The maximum atomic E-state index is 11.1. The molecule has 4 nitrogen and oxygen atoms in total. The van der Waals surface area contributed by atoms with Gasteiger partial charge in [0.1, 0.15) is 9.84 Å². The molecule has 0 spiro atoms. The molecule has 96 valence electrons. The van der Waals surface area contributed by atoms with Crippen LogP contribution in [0, 0.1) is 6.92 Å². The van der Waals surface area contributed by atoms with E-state index in [4.69, 9.17) is 17.4 Å². The van der Waals surface area contributed by atoms with E-state index in [1.165, 1.54) is 6.26 Å². The van der Waals surface area contributed by atoms with E-state index in [0.29, 0.717) is 11.4 Å². The van der Waals surface area contributed by atoms with E-state index in [1.807, 2.05) is 25.1 Å². The third-order valence-corrected chi connectivity index (χ3v) is 3.96. The first-order chi connectivity index (χ1) is 7.83. The molecule has 3 N–H and O–H groups in total. The summed E-state index contributed by atoms with van der Waals surface area (Å²) in [5.74, 6) is 5.53. The van der Waals surface area contributed by atoms with Crippen molar-refractivity contribution in [2.45, 2.75) is 19.4 Å². The smallest absolute Gasteiger partial charge is 0.147 e. The van der Waals surface area contributed by atoms with Gasteiger partial charge in [-0.05, 0) is 30.5 Å². The summed E-state index contributed by atoms with van der Waals surface area (Å²) >= 11 is 6.02. The molecule has 0 saturated heterocycles. The highest BCUT2D eigenvalue weighted by atomic mass is 35.5. The normalized spacial score (nSPS) is 13.6. The molecule has 1 aromatic carbocycles. The minimum atomic E-state index is -2.98. The SMILES string of the molecule is Cc1ccc(C(CCS(C)(=O)=O)NN)cc1Cl. The van der Waals surface area contributed by atoms with Crippen LogP contribution in [0.1, 0.15) is 23.6 Å². The number of nitrogens with two attached hydrogens (primary N) is 1. The van der Waals surface area contributed by atoms with E-state index < -0.39 is 9.84 Å². The molecule has 1 atom stereocenters. The van der Waals surface area contributed by atoms with Crippen molar-refractivity contribution in [1.82, 2.24) is 5.43 Å². The Balaban J connectivity index is 2.83. The van der Waals surface area contributed by atoms with Crippen LogP contribution in [0.15, 0.2) is 18.2 Å². The van der Waals surface area contributed by atoms with Crippen LogP contribution in [0.5, 0.6) is 0 Å². The molecule has 0 amide bonds. The van der Waals surface area contributed by atoms with Gasteiger partial charge < -0.3 is 0 Å². The molecule has 0 heterocycles. The fourth-order valence-electron chi connectivity index (χ4n) is 1.50. The Bertz CT molecular complexity index is 488. The van der Waals surface area contributed by atoms with Crippen LogP contribution >= 0.6 is 11.6 Å². The van der Waals surface area contributed by atoms with Gasteiger partial charge in [0.05, 0.1) is 5.75 Å². The minimum absolute atomic E-state index is 0.0906. The number of hydrazine groups is 1. The highest BCUT2D eigenvalue weighted by Gasteiger charge is 2.13. The summed E-state index contributed by atoms with van der Waals surface area (Å²) in [5, 5.41) is 0.655. The van der Waals surface area contributed by atoms with Crippen molar-refractivity contribution < 1.29 is 8.42 Å².